The van der Waals surface area contributed by atoms with E-state index in [1.807, 2.05) is 17.0 Å². The Morgan fingerprint density at radius 1 is 1.56 bits per heavy atom. The van der Waals surface area contributed by atoms with Gasteiger partial charge in [-0.2, -0.15) is 0 Å². The van der Waals surface area contributed by atoms with Gasteiger partial charge in [-0.05, 0) is 30.5 Å². The lowest BCUT2D eigenvalue weighted by atomic mass is 10.1. The summed E-state index contributed by atoms with van der Waals surface area (Å²) in [5, 5.41) is 3.06. The van der Waals surface area contributed by atoms with Gasteiger partial charge in [0.15, 0.2) is 0 Å². The Morgan fingerprint density at radius 3 is 3.06 bits per heavy atom. The first kappa shape index (κ1) is 12.8. The third kappa shape index (κ3) is 2.96. The fourth-order valence-electron chi connectivity index (χ4n) is 2.38. The number of hydrogen-bond donors (Lipinski definition) is 1. The Balaban J connectivity index is 1.99. The van der Waals surface area contributed by atoms with Gasteiger partial charge in [-0.25, -0.2) is 0 Å². The summed E-state index contributed by atoms with van der Waals surface area (Å²) in [4.78, 5) is 18.1. The minimum atomic E-state index is 0.163. The van der Waals surface area contributed by atoms with Crippen LogP contribution in [0.1, 0.15) is 24.4 Å². The van der Waals surface area contributed by atoms with Gasteiger partial charge >= 0.3 is 0 Å². The van der Waals surface area contributed by atoms with Crippen LogP contribution in [0.25, 0.3) is 0 Å². The average Bonchev–Trinajstić information content (AvgIpc) is 2.89. The van der Waals surface area contributed by atoms with Crippen molar-refractivity contribution in [2.75, 3.05) is 19.6 Å². The number of nitrogens with one attached hydrogen (secondary N) is 1. The number of hydrogen-bond acceptors (Lipinski definition) is 3. The number of carbonyl (C=O) groups is 1. The lowest BCUT2D eigenvalue weighted by Gasteiger charge is -2.25. The summed E-state index contributed by atoms with van der Waals surface area (Å²) >= 11 is 0. The van der Waals surface area contributed by atoms with Crippen molar-refractivity contribution in [3.63, 3.8) is 0 Å². The molecule has 0 spiro atoms. The molecule has 18 heavy (non-hydrogen) atoms. The summed E-state index contributed by atoms with van der Waals surface area (Å²) in [5.41, 5.74) is 1.18. The fraction of sp³-hybridized carbons (Fsp3) is 0.429. The second-order valence-electron chi connectivity index (χ2n) is 4.45. The zero-order chi connectivity index (χ0) is 12.8. The number of rotatable bonds is 5. The zero-order valence-electron chi connectivity index (χ0n) is 10.5. The first-order valence-corrected chi connectivity index (χ1v) is 6.34. The van der Waals surface area contributed by atoms with Crippen molar-refractivity contribution in [3.05, 3.63) is 42.7 Å². The van der Waals surface area contributed by atoms with Gasteiger partial charge in [0.25, 0.3) is 0 Å². The molecule has 2 rings (SSSR count). The topological polar surface area (TPSA) is 45.2 Å². The first-order valence-electron chi connectivity index (χ1n) is 6.34. The molecule has 1 fully saturated rings. The molecular formula is C14H19N3O. The predicted octanol–water partition coefficient (Wildman–Crippen LogP) is 1.52. The monoisotopic (exact) mass is 245 g/mol. The summed E-state index contributed by atoms with van der Waals surface area (Å²) < 4.78 is 0. The highest BCUT2D eigenvalue weighted by Gasteiger charge is 2.29. The molecule has 1 N–H and O–H groups in total. The van der Waals surface area contributed by atoms with Crippen LogP contribution in [-0.2, 0) is 4.79 Å². The van der Waals surface area contributed by atoms with Crippen molar-refractivity contribution in [2.45, 2.75) is 18.9 Å². The van der Waals surface area contributed by atoms with Gasteiger partial charge in [-0.3, -0.25) is 9.78 Å². The minimum absolute atomic E-state index is 0.163. The largest absolute Gasteiger partial charge is 0.335 e. The molecule has 96 valence electrons. The molecule has 2 heterocycles. The van der Waals surface area contributed by atoms with E-state index in [1.165, 1.54) is 5.56 Å². The van der Waals surface area contributed by atoms with Crippen LogP contribution in [0.2, 0.25) is 0 Å². The summed E-state index contributed by atoms with van der Waals surface area (Å²) in [6.07, 6.45) is 7.44. The Labute approximate surface area is 108 Å². The SMILES string of the molecule is C=CCNCC(=O)N1CCCC1c1ccncc1. The van der Waals surface area contributed by atoms with E-state index in [2.05, 4.69) is 16.9 Å². The van der Waals surface area contributed by atoms with E-state index in [0.29, 0.717) is 13.1 Å². The number of aromatic nitrogens is 1. The van der Waals surface area contributed by atoms with Crippen molar-refractivity contribution in [1.82, 2.24) is 15.2 Å². The highest BCUT2D eigenvalue weighted by molar-refractivity contribution is 5.79. The summed E-state index contributed by atoms with van der Waals surface area (Å²) in [6, 6.07) is 4.20. The molecule has 1 aromatic rings. The molecule has 1 saturated heterocycles. The van der Waals surface area contributed by atoms with E-state index in [9.17, 15) is 4.79 Å². The molecule has 0 aliphatic carbocycles. The van der Waals surface area contributed by atoms with Crippen LogP contribution in [0.3, 0.4) is 0 Å². The predicted molar refractivity (Wildman–Crippen MR) is 71.0 cm³/mol. The van der Waals surface area contributed by atoms with E-state index in [4.69, 9.17) is 0 Å². The van der Waals surface area contributed by atoms with Gasteiger partial charge < -0.3 is 10.2 Å². The van der Waals surface area contributed by atoms with E-state index in [0.717, 1.165) is 19.4 Å². The standard InChI is InChI=1S/C14H19N3O/c1-2-7-16-11-14(18)17-10-3-4-13(17)12-5-8-15-9-6-12/h2,5-6,8-9,13,16H,1,3-4,7,10-11H2. The molecule has 0 saturated carbocycles. The number of likely N-dealkylation sites (tertiary alicyclic amines) is 1. The molecule has 1 atom stereocenters. The van der Waals surface area contributed by atoms with Gasteiger partial charge in [-0.1, -0.05) is 6.08 Å². The number of carbonyl (C=O) groups excluding carboxylic acids is 1. The molecule has 4 nitrogen and oxygen atoms in total. The Hall–Kier alpha value is -1.68. The maximum Gasteiger partial charge on any atom is 0.237 e. The van der Waals surface area contributed by atoms with Gasteiger partial charge in [-0.15, -0.1) is 6.58 Å². The van der Waals surface area contributed by atoms with Crippen LogP contribution in [0, 0.1) is 0 Å². The molecule has 0 radical (unpaired) electrons. The Bertz CT molecular complexity index is 405. The molecular weight excluding hydrogens is 226 g/mol. The van der Waals surface area contributed by atoms with Crippen LogP contribution in [0.4, 0.5) is 0 Å². The molecule has 0 bridgehead atoms. The third-order valence-corrected chi connectivity index (χ3v) is 3.23. The molecule has 1 aliphatic rings. The molecule has 1 aliphatic heterocycles. The van der Waals surface area contributed by atoms with Gasteiger partial charge in [0.1, 0.15) is 0 Å². The lowest BCUT2D eigenvalue weighted by molar-refractivity contribution is -0.131. The van der Waals surface area contributed by atoms with Gasteiger partial charge in [0.2, 0.25) is 5.91 Å². The zero-order valence-corrected chi connectivity index (χ0v) is 10.5. The smallest absolute Gasteiger partial charge is 0.237 e. The number of nitrogens with zero attached hydrogens (tertiary/aromatic N) is 2. The van der Waals surface area contributed by atoms with E-state index in [-0.39, 0.29) is 11.9 Å². The molecule has 1 amide bonds. The van der Waals surface area contributed by atoms with E-state index >= 15 is 0 Å². The van der Waals surface area contributed by atoms with Crippen LogP contribution in [-0.4, -0.2) is 35.4 Å². The van der Waals surface area contributed by atoms with Crippen molar-refractivity contribution in [3.8, 4) is 0 Å². The van der Waals surface area contributed by atoms with Crippen molar-refractivity contribution < 1.29 is 4.79 Å². The quantitative estimate of drug-likeness (QED) is 0.632. The number of pyridine rings is 1. The maximum atomic E-state index is 12.1. The van der Waals surface area contributed by atoms with Crippen molar-refractivity contribution in [1.29, 1.82) is 0 Å². The van der Waals surface area contributed by atoms with Crippen molar-refractivity contribution >= 4 is 5.91 Å². The third-order valence-electron chi connectivity index (χ3n) is 3.23. The van der Waals surface area contributed by atoms with Crippen LogP contribution in [0.15, 0.2) is 37.2 Å². The van der Waals surface area contributed by atoms with Gasteiger partial charge in [0.05, 0.1) is 12.6 Å². The summed E-state index contributed by atoms with van der Waals surface area (Å²) in [5.74, 6) is 0.163. The first-order chi connectivity index (χ1) is 8.83. The maximum absolute atomic E-state index is 12.1. The molecule has 1 aromatic heterocycles. The van der Waals surface area contributed by atoms with Crippen molar-refractivity contribution in [2.24, 2.45) is 0 Å². The normalized spacial score (nSPS) is 18.9. The van der Waals surface area contributed by atoms with E-state index in [1.54, 1.807) is 18.5 Å². The van der Waals surface area contributed by atoms with Crippen LogP contribution < -0.4 is 5.32 Å². The molecule has 4 heteroatoms. The Morgan fingerprint density at radius 2 is 2.33 bits per heavy atom. The highest BCUT2D eigenvalue weighted by Crippen LogP contribution is 2.31. The highest BCUT2D eigenvalue weighted by atomic mass is 16.2. The van der Waals surface area contributed by atoms with Gasteiger partial charge in [0, 0.05) is 25.5 Å². The fourth-order valence-corrected chi connectivity index (χ4v) is 2.38. The average molecular weight is 245 g/mol. The Kier molecular flexibility index (Phi) is 4.47. The van der Waals surface area contributed by atoms with Crippen LogP contribution >= 0.6 is 0 Å². The number of amides is 1. The molecule has 1 unspecified atom stereocenters. The van der Waals surface area contributed by atoms with Crippen LogP contribution in [0.5, 0.6) is 0 Å². The van der Waals surface area contributed by atoms with E-state index < -0.39 is 0 Å². The summed E-state index contributed by atoms with van der Waals surface area (Å²) in [6.45, 7) is 5.52. The second-order valence-corrected chi connectivity index (χ2v) is 4.45. The lowest BCUT2D eigenvalue weighted by Crippen LogP contribution is -2.37. The minimum Gasteiger partial charge on any atom is -0.335 e. The molecule has 0 aromatic carbocycles. The summed E-state index contributed by atoms with van der Waals surface area (Å²) in [7, 11) is 0. The second kappa shape index (κ2) is 6.31.